The van der Waals surface area contributed by atoms with Crippen molar-refractivity contribution < 1.29 is 0 Å². The van der Waals surface area contributed by atoms with Gasteiger partial charge in [-0.2, -0.15) is 5.10 Å². The fourth-order valence-electron chi connectivity index (χ4n) is 2.84. The molecule has 21 heavy (non-hydrogen) atoms. The second-order valence-electron chi connectivity index (χ2n) is 5.56. The van der Waals surface area contributed by atoms with Crippen molar-refractivity contribution in [2.24, 2.45) is 0 Å². The molecule has 0 unspecified atom stereocenters. The summed E-state index contributed by atoms with van der Waals surface area (Å²) in [4.78, 5) is 0. The van der Waals surface area contributed by atoms with E-state index < -0.39 is 0 Å². The minimum atomic E-state index is 0.602. The van der Waals surface area contributed by atoms with E-state index >= 15 is 0 Å². The summed E-state index contributed by atoms with van der Waals surface area (Å²) in [5.74, 6) is 0. The van der Waals surface area contributed by atoms with E-state index in [0.717, 1.165) is 26.9 Å². The monoisotopic (exact) mass is 411 g/mol. The highest BCUT2D eigenvalue weighted by Gasteiger charge is 2.15. The third kappa shape index (κ3) is 3.89. The Balaban J connectivity index is 1.63. The summed E-state index contributed by atoms with van der Waals surface area (Å²) in [5, 5.41) is 8.16. The number of halogens is 2. The van der Waals surface area contributed by atoms with Crippen molar-refractivity contribution in [2.45, 2.75) is 44.7 Å². The number of nitrogens with one attached hydrogen (secondary N) is 1. The largest absolute Gasteiger partial charge is 0.378 e. The molecular formula is C16H19Br2N3. The molecule has 0 radical (unpaired) electrons. The van der Waals surface area contributed by atoms with Crippen molar-refractivity contribution in [1.82, 2.24) is 9.78 Å². The molecule has 1 fully saturated rings. The summed E-state index contributed by atoms with van der Waals surface area (Å²) < 4.78 is 4.30. The van der Waals surface area contributed by atoms with Crippen molar-refractivity contribution >= 4 is 37.5 Å². The van der Waals surface area contributed by atoms with Crippen LogP contribution in [0.1, 0.15) is 43.8 Å². The van der Waals surface area contributed by atoms with Gasteiger partial charge in [0.15, 0.2) is 0 Å². The summed E-state index contributed by atoms with van der Waals surface area (Å²) in [6.45, 7) is 0.745. The molecule has 0 bridgehead atoms. The van der Waals surface area contributed by atoms with E-state index in [0.29, 0.717) is 6.04 Å². The van der Waals surface area contributed by atoms with Gasteiger partial charge in [0.2, 0.25) is 0 Å². The van der Waals surface area contributed by atoms with Crippen LogP contribution in [0.2, 0.25) is 0 Å². The molecule has 1 aromatic carbocycles. The van der Waals surface area contributed by atoms with Crippen LogP contribution in [0.3, 0.4) is 0 Å². The first kappa shape index (κ1) is 15.1. The maximum Gasteiger partial charge on any atom is 0.0815 e. The van der Waals surface area contributed by atoms with E-state index in [-0.39, 0.29) is 0 Å². The zero-order valence-electron chi connectivity index (χ0n) is 11.9. The van der Waals surface area contributed by atoms with Crippen LogP contribution in [0.5, 0.6) is 0 Å². The summed E-state index contributed by atoms with van der Waals surface area (Å²) in [7, 11) is 0. The van der Waals surface area contributed by atoms with Gasteiger partial charge in [0, 0.05) is 20.8 Å². The Labute approximate surface area is 142 Å². The van der Waals surface area contributed by atoms with E-state index in [4.69, 9.17) is 5.10 Å². The highest BCUT2D eigenvalue weighted by Crippen LogP contribution is 2.28. The highest BCUT2D eigenvalue weighted by molar-refractivity contribution is 9.11. The van der Waals surface area contributed by atoms with Gasteiger partial charge in [-0.15, -0.1) is 0 Å². The van der Waals surface area contributed by atoms with Gasteiger partial charge >= 0.3 is 0 Å². The highest BCUT2D eigenvalue weighted by atomic mass is 79.9. The first-order valence-corrected chi connectivity index (χ1v) is 9.04. The van der Waals surface area contributed by atoms with Crippen LogP contribution in [-0.4, -0.2) is 9.78 Å². The summed E-state index contributed by atoms with van der Waals surface area (Å²) in [6.07, 6.45) is 8.72. The molecule has 3 rings (SSSR count). The van der Waals surface area contributed by atoms with Crippen molar-refractivity contribution in [2.75, 3.05) is 5.32 Å². The van der Waals surface area contributed by atoms with Crippen LogP contribution < -0.4 is 5.32 Å². The Kier molecular flexibility index (Phi) is 5.01. The second-order valence-corrected chi connectivity index (χ2v) is 7.33. The lowest BCUT2D eigenvalue weighted by molar-refractivity contribution is 0.328. The van der Waals surface area contributed by atoms with Crippen molar-refractivity contribution in [3.05, 3.63) is 45.1 Å². The second kappa shape index (κ2) is 6.97. The summed E-state index contributed by atoms with van der Waals surface area (Å²) >= 11 is 7.06. The average molecular weight is 413 g/mol. The predicted octanol–water partition coefficient (Wildman–Crippen LogP) is 5.53. The van der Waals surface area contributed by atoms with Gasteiger partial charge in [-0.3, -0.25) is 4.68 Å². The van der Waals surface area contributed by atoms with E-state index in [1.807, 2.05) is 12.1 Å². The quantitative estimate of drug-likeness (QED) is 0.715. The summed E-state index contributed by atoms with van der Waals surface area (Å²) in [5.41, 5.74) is 2.17. The molecule has 1 aliphatic rings. The van der Waals surface area contributed by atoms with Gasteiger partial charge in [0.25, 0.3) is 0 Å². The molecular weight excluding hydrogens is 394 g/mol. The van der Waals surface area contributed by atoms with E-state index in [9.17, 15) is 0 Å². The zero-order chi connectivity index (χ0) is 14.7. The Morgan fingerprint density at radius 1 is 1.14 bits per heavy atom. The summed E-state index contributed by atoms with van der Waals surface area (Å²) in [6, 6.07) is 8.85. The van der Waals surface area contributed by atoms with Gasteiger partial charge in [0.05, 0.1) is 18.3 Å². The number of rotatable bonds is 4. The number of benzene rings is 1. The molecule has 1 heterocycles. The Bertz CT molecular complexity index is 603. The molecule has 1 aliphatic carbocycles. The third-order valence-corrected chi connectivity index (χ3v) is 5.19. The first-order valence-electron chi connectivity index (χ1n) is 7.45. The minimum absolute atomic E-state index is 0.602. The number of hydrogen-bond donors (Lipinski definition) is 1. The predicted molar refractivity (Wildman–Crippen MR) is 93.5 cm³/mol. The topological polar surface area (TPSA) is 29.9 Å². The Hall–Kier alpha value is -0.810. The molecule has 0 aliphatic heterocycles. The van der Waals surface area contributed by atoms with Crippen LogP contribution >= 0.6 is 31.9 Å². The molecule has 1 saturated carbocycles. The SMILES string of the molecule is Brc1ccc(Br)c(NCc2ccn(C3CCCCC3)n2)c1. The normalized spacial score (nSPS) is 16.1. The Morgan fingerprint density at radius 3 is 2.76 bits per heavy atom. The van der Waals surface area contributed by atoms with Crippen molar-refractivity contribution in [3.63, 3.8) is 0 Å². The maximum absolute atomic E-state index is 4.73. The van der Waals surface area contributed by atoms with E-state index in [1.54, 1.807) is 0 Å². The average Bonchev–Trinajstić information content (AvgIpc) is 2.98. The van der Waals surface area contributed by atoms with Crippen molar-refractivity contribution in [3.8, 4) is 0 Å². The fourth-order valence-corrected chi connectivity index (χ4v) is 3.59. The number of aromatic nitrogens is 2. The molecule has 1 N–H and O–H groups in total. The van der Waals surface area contributed by atoms with Gasteiger partial charge in [-0.05, 0) is 53.0 Å². The maximum atomic E-state index is 4.73. The lowest BCUT2D eigenvalue weighted by atomic mass is 9.96. The Morgan fingerprint density at radius 2 is 1.95 bits per heavy atom. The van der Waals surface area contributed by atoms with Crippen LogP contribution in [-0.2, 0) is 6.54 Å². The molecule has 112 valence electrons. The molecule has 5 heteroatoms. The van der Waals surface area contributed by atoms with Gasteiger partial charge in [-0.25, -0.2) is 0 Å². The number of hydrogen-bond acceptors (Lipinski definition) is 2. The number of anilines is 1. The van der Waals surface area contributed by atoms with Crippen molar-refractivity contribution in [1.29, 1.82) is 0 Å². The van der Waals surface area contributed by atoms with Crippen LogP contribution in [0.4, 0.5) is 5.69 Å². The molecule has 0 saturated heterocycles. The lowest BCUT2D eigenvalue weighted by Crippen LogP contribution is -2.13. The van der Waals surface area contributed by atoms with Crippen LogP contribution in [0.25, 0.3) is 0 Å². The molecule has 2 aromatic rings. The van der Waals surface area contributed by atoms with Crippen LogP contribution in [0, 0.1) is 0 Å². The van der Waals surface area contributed by atoms with Gasteiger partial charge < -0.3 is 5.32 Å². The standard InChI is InChI=1S/C16H19Br2N3/c17-12-6-7-15(18)16(10-12)19-11-13-8-9-21(20-13)14-4-2-1-3-5-14/h6-10,14,19H,1-5,11H2. The smallest absolute Gasteiger partial charge is 0.0815 e. The fraction of sp³-hybridized carbons (Fsp3) is 0.438. The molecule has 0 spiro atoms. The van der Waals surface area contributed by atoms with Gasteiger partial charge in [-0.1, -0.05) is 35.2 Å². The molecule has 0 atom stereocenters. The molecule has 0 amide bonds. The molecule has 3 nitrogen and oxygen atoms in total. The third-order valence-electron chi connectivity index (χ3n) is 4.00. The first-order chi connectivity index (χ1) is 10.2. The van der Waals surface area contributed by atoms with Crippen LogP contribution in [0.15, 0.2) is 39.4 Å². The molecule has 1 aromatic heterocycles. The van der Waals surface area contributed by atoms with E-state index in [2.05, 4.69) is 60.2 Å². The number of nitrogens with zero attached hydrogens (tertiary/aromatic N) is 2. The lowest BCUT2D eigenvalue weighted by Gasteiger charge is -2.21. The minimum Gasteiger partial charge on any atom is -0.378 e. The van der Waals surface area contributed by atoms with E-state index in [1.165, 1.54) is 32.1 Å². The van der Waals surface area contributed by atoms with Gasteiger partial charge in [0.1, 0.15) is 0 Å². The zero-order valence-corrected chi connectivity index (χ0v) is 15.0.